The second kappa shape index (κ2) is 9.52. The Morgan fingerprint density at radius 1 is 1.26 bits per heavy atom. The summed E-state index contributed by atoms with van der Waals surface area (Å²) in [5.74, 6) is -0.0772. The second-order valence-electron chi connectivity index (χ2n) is 9.88. The molecule has 180 valence electrons. The van der Waals surface area contributed by atoms with Crippen LogP contribution in [0.4, 0.5) is 0 Å². The fourth-order valence-electron chi connectivity index (χ4n) is 4.13. The van der Waals surface area contributed by atoms with Gasteiger partial charge in [0.15, 0.2) is 5.65 Å². The fraction of sp³-hybridized carbons (Fsp3) is 0.500. The van der Waals surface area contributed by atoms with Crippen LogP contribution in [0, 0.1) is 6.92 Å². The molecule has 4 rings (SSSR count). The van der Waals surface area contributed by atoms with E-state index >= 15 is 0 Å². The molecule has 1 fully saturated rings. The van der Waals surface area contributed by atoms with E-state index in [0.29, 0.717) is 24.6 Å². The molecule has 0 saturated heterocycles. The zero-order valence-corrected chi connectivity index (χ0v) is 20.7. The summed E-state index contributed by atoms with van der Waals surface area (Å²) in [4.78, 5) is 37.0. The average molecular weight is 464 g/mol. The minimum absolute atomic E-state index is 0.129. The number of aromatic nitrogens is 4. The standard InChI is InChI=1S/C26H33N5O3/c1-6-34-22(32)11-13-30(16-18-8-7-12-27-15-18)25(33)20-14-21(19-9-10-19)28-24-23(20)17(2)29-31(24)26(3,4)5/h7-8,12,14-15,19H,6,9-11,13,16H2,1-5H3. The van der Waals surface area contributed by atoms with Crippen molar-refractivity contribution in [1.82, 2.24) is 24.6 Å². The highest BCUT2D eigenvalue weighted by Gasteiger charge is 2.31. The van der Waals surface area contributed by atoms with Crippen LogP contribution in [0.25, 0.3) is 11.0 Å². The molecule has 8 heteroatoms. The summed E-state index contributed by atoms with van der Waals surface area (Å²) in [6, 6.07) is 5.71. The van der Waals surface area contributed by atoms with Gasteiger partial charge in [0.05, 0.1) is 35.2 Å². The van der Waals surface area contributed by atoms with Crippen LogP contribution in [0.2, 0.25) is 0 Å². The summed E-state index contributed by atoms with van der Waals surface area (Å²) in [6.07, 6.45) is 5.73. The molecule has 0 radical (unpaired) electrons. The number of hydrogen-bond donors (Lipinski definition) is 0. The zero-order chi connectivity index (χ0) is 24.5. The summed E-state index contributed by atoms with van der Waals surface area (Å²) in [7, 11) is 0. The number of nitrogens with zero attached hydrogens (tertiary/aromatic N) is 5. The molecule has 1 aliphatic carbocycles. The molecule has 1 aliphatic rings. The number of ether oxygens (including phenoxy) is 1. The van der Waals surface area contributed by atoms with Crippen LogP contribution in [-0.2, 0) is 21.6 Å². The number of carbonyl (C=O) groups excluding carboxylic acids is 2. The minimum atomic E-state index is -0.318. The van der Waals surface area contributed by atoms with Crippen LogP contribution in [0.1, 0.15) is 80.2 Å². The maximum Gasteiger partial charge on any atom is 0.307 e. The normalized spacial score (nSPS) is 13.8. The van der Waals surface area contributed by atoms with E-state index in [-0.39, 0.29) is 30.4 Å². The van der Waals surface area contributed by atoms with Crippen molar-refractivity contribution in [2.75, 3.05) is 13.2 Å². The predicted molar refractivity (Wildman–Crippen MR) is 129 cm³/mol. The lowest BCUT2D eigenvalue weighted by Gasteiger charge is -2.24. The molecule has 3 aromatic rings. The lowest BCUT2D eigenvalue weighted by atomic mass is 10.0. The number of aryl methyl sites for hydroxylation is 1. The molecule has 3 heterocycles. The molecule has 1 saturated carbocycles. The molecule has 34 heavy (non-hydrogen) atoms. The number of hydrogen-bond acceptors (Lipinski definition) is 6. The Balaban J connectivity index is 1.78. The van der Waals surface area contributed by atoms with Crippen molar-refractivity contribution in [1.29, 1.82) is 0 Å². The van der Waals surface area contributed by atoms with Gasteiger partial charge >= 0.3 is 5.97 Å². The summed E-state index contributed by atoms with van der Waals surface area (Å²) < 4.78 is 7.03. The summed E-state index contributed by atoms with van der Waals surface area (Å²) >= 11 is 0. The molecule has 8 nitrogen and oxygen atoms in total. The molecule has 3 aromatic heterocycles. The lowest BCUT2D eigenvalue weighted by Crippen LogP contribution is -2.33. The van der Waals surface area contributed by atoms with Crippen LogP contribution in [0.5, 0.6) is 0 Å². The Morgan fingerprint density at radius 2 is 2.03 bits per heavy atom. The summed E-state index contributed by atoms with van der Waals surface area (Å²) in [5.41, 5.74) is 3.66. The van der Waals surface area contributed by atoms with Gasteiger partial charge in [-0.1, -0.05) is 6.07 Å². The van der Waals surface area contributed by atoms with E-state index in [1.54, 1.807) is 24.2 Å². The minimum Gasteiger partial charge on any atom is -0.466 e. The third-order valence-electron chi connectivity index (χ3n) is 5.97. The van der Waals surface area contributed by atoms with E-state index in [4.69, 9.17) is 14.8 Å². The van der Waals surface area contributed by atoms with Crippen molar-refractivity contribution in [3.63, 3.8) is 0 Å². The first-order valence-electron chi connectivity index (χ1n) is 11.9. The Kier molecular flexibility index (Phi) is 6.68. The van der Waals surface area contributed by atoms with Gasteiger partial charge in [-0.15, -0.1) is 0 Å². The smallest absolute Gasteiger partial charge is 0.307 e. The largest absolute Gasteiger partial charge is 0.466 e. The Morgan fingerprint density at radius 3 is 2.65 bits per heavy atom. The van der Waals surface area contributed by atoms with Crippen LogP contribution >= 0.6 is 0 Å². The van der Waals surface area contributed by atoms with Crippen molar-refractivity contribution < 1.29 is 14.3 Å². The SMILES string of the molecule is CCOC(=O)CCN(Cc1cccnc1)C(=O)c1cc(C2CC2)nc2c1c(C)nn2C(C)(C)C. The highest BCUT2D eigenvalue weighted by molar-refractivity contribution is 6.06. The molecule has 0 atom stereocenters. The second-order valence-corrected chi connectivity index (χ2v) is 9.88. The number of fused-ring (bicyclic) bond motifs is 1. The van der Waals surface area contributed by atoms with Gasteiger partial charge in [-0.2, -0.15) is 5.10 Å². The first-order valence-corrected chi connectivity index (χ1v) is 11.9. The van der Waals surface area contributed by atoms with Crippen molar-refractivity contribution in [2.24, 2.45) is 0 Å². The molecule has 0 aliphatic heterocycles. The molecule has 0 bridgehead atoms. The number of esters is 1. The van der Waals surface area contributed by atoms with E-state index in [0.717, 1.165) is 40.8 Å². The highest BCUT2D eigenvalue weighted by atomic mass is 16.5. The molecule has 0 aromatic carbocycles. The Bertz CT molecular complexity index is 1190. The number of carbonyl (C=O) groups is 2. The van der Waals surface area contributed by atoms with Gasteiger partial charge in [-0.25, -0.2) is 9.67 Å². The first kappa shape index (κ1) is 23.9. The Hall–Kier alpha value is -3.29. The highest BCUT2D eigenvalue weighted by Crippen LogP contribution is 2.41. The lowest BCUT2D eigenvalue weighted by molar-refractivity contribution is -0.143. The summed E-state index contributed by atoms with van der Waals surface area (Å²) in [6.45, 7) is 10.9. The monoisotopic (exact) mass is 463 g/mol. The maximum absolute atomic E-state index is 14.0. The molecule has 0 N–H and O–H groups in total. The maximum atomic E-state index is 14.0. The van der Waals surface area contributed by atoms with E-state index < -0.39 is 0 Å². The van der Waals surface area contributed by atoms with E-state index in [1.807, 2.05) is 29.8 Å². The molecular weight excluding hydrogens is 430 g/mol. The van der Waals surface area contributed by atoms with Crippen molar-refractivity contribution in [2.45, 2.75) is 71.9 Å². The van der Waals surface area contributed by atoms with Crippen LogP contribution in [0.15, 0.2) is 30.6 Å². The van der Waals surface area contributed by atoms with Crippen molar-refractivity contribution >= 4 is 22.9 Å². The van der Waals surface area contributed by atoms with Gasteiger partial charge in [-0.3, -0.25) is 14.6 Å². The predicted octanol–water partition coefficient (Wildman–Crippen LogP) is 4.36. The average Bonchev–Trinajstić information content (AvgIpc) is 3.59. The van der Waals surface area contributed by atoms with Crippen molar-refractivity contribution in [3.8, 4) is 0 Å². The fourth-order valence-corrected chi connectivity index (χ4v) is 4.13. The van der Waals surface area contributed by atoms with Crippen LogP contribution in [-0.4, -0.2) is 49.7 Å². The topological polar surface area (TPSA) is 90.2 Å². The molecule has 0 unspecified atom stereocenters. The summed E-state index contributed by atoms with van der Waals surface area (Å²) in [5, 5.41) is 5.54. The number of amides is 1. The van der Waals surface area contributed by atoms with E-state index in [1.165, 1.54) is 0 Å². The van der Waals surface area contributed by atoms with Gasteiger partial charge in [0, 0.05) is 37.1 Å². The number of rotatable bonds is 8. The van der Waals surface area contributed by atoms with Crippen LogP contribution < -0.4 is 0 Å². The third kappa shape index (κ3) is 5.11. The zero-order valence-electron chi connectivity index (χ0n) is 20.7. The number of pyridine rings is 2. The van der Waals surface area contributed by atoms with Gasteiger partial charge in [0.2, 0.25) is 0 Å². The molecule has 1 amide bonds. The van der Waals surface area contributed by atoms with Crippen LogP contribution in [0.3, 0.4) is 0 Å². The quantitative estimate of drug-likeness (QED) is 0.461. The van der Waals surface area contributed by atoms with E-state index in [2.05, 4.69) is 25.8 Å². The van der Waals surface area contributed by atoms with Crippen molar-refractivity contribution in [3.05, 3.63) is 53.1 Å². The van der Waals surface area contributed by atoms with Gasteiger partial charge in [0.25, 0.3) is 5.91 Å². The third-order valence-corrected chi connectivity index (χ3v) is 5.97. The Labute approximate surface area is 200 Å². The first-order chi connectivity index (χ1) is 16.2. The van der Waals surface area contributed by atoms with Gasteiger partial charge in [-0.05, 0) is 65.2 Å². The molecule has 0 spiro atoms. The molecular formula is C26H33N5O3. The van der Waals surface area contributed by atoms with Gasteiger partial charge < -0.3 is 9.64 Å². The van der Waals surface area contributed by atoms with E-state index in [9.17, 15) is 9.59 Å². The van der Waals surface area contributed by atoms with Gasteiger partial charge in [0.1, 0.15) is 0 Å².